The van der Waals surface area contributed by atoms with Crippen LogP contribution in [-0.2, 0) is 14.8 Å². The number of sulfonamides is 1. The Morgan fingerprint density at radius 3 is 2.75 bits per heavy atom. The fourth-order valence-corrected chi connectivity index (χ4v) is 2.31. The van der Waals surface area contributed by atoms with Gasteiger partial charge in [-0.05, 0) is 25.2 Å². The molecule has 0 spiro atoms. The van der Waals surface area contributed by atoms with Gasteiger partial charge in [0.05, 0.1) is 10.3 Å². The molecule has 0 saturated carbocycles. The topological polar surface area (TPSA) is 87.6 Å². The highest BCUT2D eigenvalue weighted by Gasteiger charge is 2.14. The van der Waals surface area contributed by atoms with E-state index in [2.05, 4.69) is 15.2 Å². The predicted molar refractivity (Wildman–Crippen MR) is 56.1 cm³/mol. The van der Waals surface area contributed by atoms with Crippen LogP contribution in [0.2, 0.25) is 0 Å². The lowest BCUT2D eigenvalue weighted by Gasteiger charge is -2.03. The SMILES string of the molecule is CNNS(=O)(=O)c1ccc2c(c1)=CC(=O)N=2. The third kappa shape index (κ3) is 1.87. The van der Waals surface area contributed by atoms with Crippen LogP contribution in [-0.4, -0.2) is 21.4 Å². The molecule has 16 heavy (non-hydrogen) atoms. The molecule has 1 aliphatic heterocycles. The summed E-state index contributed by atoms with van der Waals surface area (Å²) < 4.78 is 23.2. The predicted octanol–water partition coefficient (Wildman–Crippen LogP) is -1.96. The van der Waals surface area contributed by atoms with Crippen molar-refractivity contribution in [1.82, 2.24) is 10.3 Å². The molecule has 7 heteroatoms. The first-order valence-corrected chi connectivity index (χ1v) is 5.94. The zero-order valence-corrected chi connectivity index (χ0v) is 9.21. The Hall–Kier alpha value is -1.57. The van der Waals surface area contributed by atoms with Gasteiger partial charge in [0, 0.05) is 11.3 Å². The molecule has 1 heterocycles. The van der Waals surface area contributed by atoms with Gasteiger partial charge in [-0.1, -0.05) is 0 Å². The zero-order chi connectivity index (χ0) is 11.8. The van der Waals surface area contributed by atoms with Crippen molar-refractivity contribution >= 4 is 22.0 Å². The lowest BCUT2D eigenvalue weighted by atomic mass is 10.3. The summed E-state index contributed by atoms with van der Waals surface area (Å²) in [5, 5.41) is 1.01. The van der Waals surface area contributed by atoms with Crippen LogP contribution in [0.1, 0.15) is 0 Å². The minimum atomic E-state index is -3.58. The van der Waals surface area contributed by atoms with Gasteiger partial charge in [0.1, 0.15) is 0 Å². The van der Waals surface area contributed by atoms with E-state index in [1.54, 1.807) is 0 Å². The molecule has 84 valence electrons. The highest BCUT2D eigenvalue weighted by atomic mass is 32.2. The van der Waals surface area contributed by atoms with Gasteiger partial charge in [0.25, 0.3) is 15.9 Å². The average Bonchev–Trinajstić information content (AvgIpc) is 2.56. The molecule has 0 fully saturated rings. The molecule has 1 aliphatic rings. The molecule has 1 aromatic carbocycles. The van der Waals surface area contributed by atoms with E-state index in [9.17, 15) is 13.2 Å². The van der Waals surface area contributed by atoms with Crippen molar-refractivity contribution in [3.63, 3.8) is 0 Å². The van der Waals surface area contributed by atoms with E-state index >= 15 is 0 Å². The molecule has 0 bridgehead atoms. The van der Waals surface area contributed by atoms with Gasteiger partial charge in [-0.2, -0.15) is 0 Å². The maximum Gasteiger partial charge on any atom is 0.270 e. The van der Waals surface area contributed by atoms with Crippen molar-refractivity contribution in [2.75, 3.05) is 7.05 Å². The molecule has 0 saturated heterocycles. The molecule has 0 unspecified atom stereocenters. The number of amides is 1. The number of carbonyl (C=O) groups is 1. The van der Waals surface area contributed by atoms with Crippen molar-refractivity contribution in [2.45, 2.75) is 4.90 Å². The molecule has 6 nitrogen and oxygen atoms in total. The number of nitrogens with one attached hydrogen (secondary N) is 2. The van der Waals surface area contributed by atoms with E-state index in [0.717, 1.165) is 0 Å². The first-order chi connectivity index (χ1) is 7.53. The quantitative estimate of drug-likeness (QED) is 0.599. The Morgan fingerprint density at radius 2 is 2.06 bits per heavy atom. The van der Waals surface area contributed by atoms with Crippen molar-refractivity contribution in [1.29, 1.82) is 0 Å². The summed E-state index contributed by atoms with van der Waals surface area (Å²) in [5.74, 6) is -0.369. The Bertz CT molecular complexity index is 664. The van der Waals surface area contributed by atoms with E-state index in [-0.39, 0.29) is 10.8 Å². The molecule has 0 aromatic heterocycles. The Balaban J connectivity index is 2.58. The first-order valence-electron chi connectivity index (χ1n) is 4.46. The summed E-state index contributed by atoms with van der Waals surface area (Å²) in [5.41, 5.74) is 2.34. The van der Waals surface area contributed by atoms with E-state index in [1.807, 2.05) is 0 Å². The van der Waals surface area contributed by atoms with Crippen LogP contribution in [0, 0.1) is 0 Å². The Labute approximate surface area is 91.7 Å². The fourth-order valence-electron chi connectivity index (χ4n) is 1.39. The second kappa shape index (κ2) is 3.78. The molecular formula is C9H9N3O3S. The third-order valence-electron chi connectivity index (χ3n) is 2.06. The number of carbonyl (C=O) groups excluding carboxylic acids is 1. The summed E-state index contributed by atoms with van der Waals surface area (Å²) in [7, 11) is -2.13. The van der Waals surface area contributed by atoms with Crippen molar-refractivity contribution in [2.24, 2.45) is 4.99 Å². The van der Waals surface area contributed by atoms with Crippen LogP contribution < -0.4 is 20.8 Å². The van der Waals surface area contributed by atoms with E-state index < -0.39 is 10.0 Å². The van der Waals surface area contributed by atoms with Crippen molar-refractivity contribution in [3.8, 4) is 0 Å². The van der Waals surface area contributed by atoms with Gasteiger partial charge in [0.2, 0.25) is 0 Å². The molecule has 2 N–H and O–H groups in total. The number of benzene rings is 1. The maximum absolute atomic E-state index is 11.6. The molecule has 0 aliphatic carbocycles. The van der Waals surface area contributed by atoms with Crippen LogP contribution in [0.3, 0.4) is 0 Å². The van der Waals surface area contributed by atoms with Gasteiger partial charge in [0.15, 0.2) is 0 Å². The van der Waals surface area contributed by atoms with Gasteiger partial charge in [-0.25, -0.2) is 18.8 Å². The van der Waals surface area contributed by atoms with Crippen LogP contribution >= 0.6 is 0 Å². The van der Waals surface area contributed by atoms with Crippen LogP contribution in [0.25, 0.3) is 6.08 Å². The monoisotopic (exact) mass is 239 g/mol. The normalized spacial score (nSPS) is 14.2. The molecule has 1 aromatic rings. The zero-order valence-electron chi connectivity index (χ0n) is 8.39. The minimum Gasteiger partial charge on any atom is -0.267 e. The largest absolute Gasteiger partial charge is 0.270 e. The smallest absolute Gasteiger partial charge is 0.267 e. The molecule has 0 atom stereocenters. The van der Waals surface area contributed by atoms with E-state index in [0.29, 0.717) is 10.6 Å². The average molecular weight is 239 g/mol. The lowest BCUT2D eigenvalue weighted by molar-refractivity contribution is -0.112. The second-order valence-electron chi connectivity index (χ2n) is 3.17. The minimum absolute atomic E-state index is 0.0850. The summed E-state index contributed by atoms with van der Waals surface area (Å²) in [6, 6.07) is 4.30. The highest BCUT2D eigenvalue weighted by Crippen LogP contribution is 2.02. The highest BCUT2D eigenvalue weighted by molar-refractivity contribution is 7.89. The molecule has 1 amide bonds. The summed E-state index contributed by atoms with van der Waals surface area (Å²) in [6.07, 6.45) is 1.30. The van der Waals surface area contributed by atoms with Crippen LogP contribution in [0.5, 0.6) is 0 Å². The summed E-state index contributed by atoms with van der Waals surface area (Å²) in [6.45, 7) is 0. The first kappa shape index (κ1) is 10.9. The standard InChI is InChI=1S/C9H9N3O3S/c1-10-12-16(14,15)7-2-3-8-6(4-7)5-9(13)11-8/h2-5,10,12H,1H3. The fraction of sp³-hybridized carbons (Fsp3) is 0.111. The number of fused-ring (bicyclic) bond motifs is 1. The Kier molecular flexibility index (Phi) is 2.58. The molecule has 0 radical (unpaired) electrons. The molecule has 2 rings (SSSR count). The summed E-state index contributed by atoms with van der Waals surface area (Å²) in [4.78, 5) is 16.9. The number of nitrogens with zero attached hydrogens (tertiary/aromatic N) is 1. The van der Waals surface area contributed by atoms with Crippen LogP contribution in [0.15, 0.2) is 28.1 Å². The van der Waals surface area contributed by atoms with Crippen LogP contribution in [0.4, 0.5) is 0 Å². The van der Waals surface area contributed by atoms with Gasteiger partial charge < -0.3 is 0 Å². The summed E-state index contributed by atoms with van der Waals surface area (Å²) >= 11 is 0. The van der Waals surface area contributed by atoms with E-state index in [1.165, 1.54) is 31.3 Å². The molecular weight excluding hydrogens is 230 g/mol. The number of hydrogen-bond donors (Lipinski definition) is 2. The lowest BCUT2D eigenvalue weighted by Crippen LogP contribution is -2.35. The van der Waals surface area contributed by atoms with Gasteiger partial charge in [-0.15, -0.1) is 4.83 Å². The number of rotatable bonds is 3. The number of hydrazine groups is 1. The Morgan fingerprint density at radius 1 is 1.31 bits per heavy atom. The second-order valence-corrected chi connectivity index (χ2v) is 4.85. The van der Waals surface area contributed by atoms with Gasteiger partial charge in [-0.3, -0.25) is 4.79 Å². The van der Waals surface area contributed by atoms with E-state index in [4.69, 9.17) is 0 Å². The van der Waals surface area contributed by atoms with Crippen molar-refractivity contribution < 1.29 is 13.2 Å². The number of hydrogen-bond acceptors (Lipinski definition) is 4. The maximum atomic E-state index is 11.6. The van der Waals surface area contributed by atoms with Crippen molar-refractivity contribution in [3.05, 3.63) is 28.8 Å². The van der Waals surface area contributed by atoms with Gasteiger partial charge >= 0.3 is 0 Å². The third-order valence-corrected chi connectivity index (χ3v) is 3.40.